The normalized spacial score (nSPS) is 15.1. The maximum atomic E-state index is 12.9. The topological polar surface area (TPSA) is 64.7 Å². The van der Waals surface area contributed by atoms with E-state index in [1.807, 2.05) is 0 Å². The third-order valence-corrected chi connectivity index (χ3v) is 5.71. The molecule has 33 heavy (non-hydrogen) atoms. The van der Waals surface area contributed by atoms with Gasteiger partial charge in [0, 0.05) is 26.2 Å². The Morgan fingerprint density at radius 1 is 0.667 bits per heavy atom. The molecule has 2 aromatic rings. The molecule has 2 aromatic carbocycles. The number of hydrogen-bond donors (Lipinski definition) is 2. The molecule has 1 aliphatic rings. The van der Waals surface area contributed by atoms with E-state index >= 15 is 0 Å². The molecule has 2 amide bonds. The predicted molar refractivity (Wildman–Crippen MR) is 124 cm³/mol. The van der Waals surface area contributed by atoms with E-state index in [1.165, 1.54) is 24.3 Å². The fraction of sp³-hybridized carbons (Fsp3) is 0.440. The van der Waals surface area contributed by atoms with Gasteiger partial charge < -0.3 is 10.6 Å². The van der Waals surface area contributed by atoms with Crippen LogP contribution in [-0.4, -0.2) is 74.0 Å². The smallest absolute Gasteiger partial charge is 0.234 e. The SMILES string of the molecule is O=C(CN1CCCN(CC(=O)NCCc2ccc(F)cc2)CC1)NCCc1ccc(F)cc1. The van der Waals surface area contributed by atoms with Crippen LogP contribution in [0.15, 0.2) is 48.5 Å². The maximum absolute atomic E-state index is 12.9. The van der Waals surface area contributed by atoms with Crippen LogP contribution < -0.4 is 10.6 Å². The Morgan fingerprint density at radius 3 is 1.45 bits per heavy atom. The lowest BCUT2D eigenvalue weighted by molar-refractivity contribution is -0.123. The molecule has 2 N–H and O–H groups in total. The molecule has 1 aliphatic heterocycles. The number of carbonyl (C=O) groups excluding carboxylic acids is 2. The molecule has 1 heterocycles. The Hall–Kier alpha value is -2.84. The third-order valence-electron chi connectivity index (χ3n) is 5.71. The molecule has 0 radical (unpaired) electrons. The van der Waals surface area contributed by atoms with Crippen LogP contribution in [0.4, 0.5) is 8.78 Å². The van der Waals surface area contributed by atoms with Crippen LogP contribution in [0.1, 0.15) is 17.5 Å². The Labute approximate surface area is 194 Å². The molecule has 0 spiro atoms. The van der Waals surface area contributed by atoms with Crippen molar-refractivity contribution >= 4 is 11.8 Å². The molecule has 0 atom stereocenters. The number of halogens is 2. The van der Waals surface area contributed by atoms with Crippen molar-refractivity contribution in [1.82, 2.24) is 20.4 Å². The first-order chi connectivity index (χ1) is 16.0. The summed E-state index contributed by atoms with van der Waals surface area (Å²) in [6.07, 6.45) is 2.22. The number of nitrogens with zero attached hydrogens (tertiary/aromatic N) is 2. The maximum Gasteiger partial charge on any atom is 0.234 e. The molecule has 178 valence electrons. The molecule has 0 saturated carbocycles. The summed E-state index contributed by atoms with van der Waals surface area (Å²) in [5.74, 6) is -0.575. The van der Waals surface area contributed by atoms with Crippen molar-refractivity contribution in [1.29, 1.82) is 0 Å². The van der Waals surface area contributed by atoms with Crippen LogP contribution in [0.2, 0.25) is 0 Å². The standard InChI is InChI=1S/C25H32F2N4O2/c26-22-6-2-20(3-7-22)10-12-28-24(32)18-30-14-1-15-31(17-16-30)19-25(33)29-13-11-21-4-8-23(27)9-5-21/h2-9H,1,10-19H2,(H,28,32)(H,29,33). The first kappa shape index (κ1) is 24.8. The van der Waals surface area contributed by atoms with Crippen LogP contribution in [0.25, 0.3) is 0 Å². The highest BCUT2D eigenvalue weighted by atomic mass is 19.1. The summed E-state index contributed by atoms with van der Waals surface area (Å²) in [7, 11) is 0. The summed E-state index contributed by atoms with van der Waals surface area (Å²) >= 11 is 0. The van der Waals surface area contributed by atoms with E-state index in [2.05, 4.69) is 20.4 Å². The van der Waals surface area contributed by atoms with Crippen LogP contribution in [0, 0.1) is 11.6 Å². The Balaban J connectivity index is 1.29. The minimum absolute atomic E-state index is 0.0240. The molecule has 0 bridgehead atoms. The van der Waals surface area contributed by atoms with E-state index in [0.29, 0.717) is 39.0 Å². The summed E-state index contributed by atoms with van der Waals surface area (Å²) in [6.45, 7) is 4.79. The van der Waals surface area contributed by atoms with Crippen molar-refractivity contribution in [3.63, 3.8) is 0 Å². The second-order valence-electron chi connectivity index (χ2n) is 8.36. The molecule has 8 heteroatoms. The van der Waals surface area contributed by atoms with Gasteiger partial charge in [-0.05, 0) is 67.7 Å². The number of benzene rings is 2. The fourth-order valence-corrected chi connectivity index (χ4v) is 3.85. The molecular formula is C25H32F2N4O2. The van der Waals surface area contributed by atoms with Crippen molar-refractivity contribution in [3.8, 4) is 0 Å². The van der Waals surface area contributed by atoms with Gasteiger partial charge in [0.15, 0.2) is 0 Å². The quantitative estimate of drug-likeness (QED) is 0.572. The minimum Gasteiger partial charge on any atom is -0.355 e. The molecule has 1 fully saturated rings. The molecular weight excluding hydrogens is 426 g/mol. The fourth-order valence-electron chi connectivity index (χ4n) is 3.85. The van der Waals surface area contributed by atoms with Crippen molar-refractivity contribution < 1.29 is 18.4 Å². The molecule has 0 aliphatic carbocycles. The van der Waals surface area contributed by atoms with E-state index in [9.17, 15) is 18.4 Å². The van der Waals surface area contributed by atoms with Crippen LogP contribution in [0.5, 0.6) is 0 Å². The first-order valence-corrected chi connectivity index (χ1v) is 11.4. The Morgan fingerprint density at radius 2 is 1.06 bits per heavy atom. The molecule has 3 rings (SSSR count). The largest absolute Gasteiger partial charge is 0.355 e. The van der Waals surface area contributed by atoms with Gasteiger partial charge in [0.2, 0.25) is 11.8 Å². The van der Waals surface area contributed by atoms with Crippen molar-refractivity contribution in [3.05, 3.63) is 71.3 Å². The van der Waals surface area contributed by atoms with Gasteiger partial charge in [0.1, 0.15) is 11.6 Å². The first-order valence-electron chi connectivity index (χ1n) is 11.4. The van der Waals surface area contributed by atoms with Crippen molar-refractivity contribution in [2.24, 2.45) is 0 Å². The highest BCUT2D eigenvalue weighted by molar-refractivity contribution is 5.78. The van der Waals surface area contributed by atoms with Gasteiger partial charge in [0.25, 0.3) is 0 Å². The lowest BCUT2D eigenvalue weighted by atomic mass is 10.1. The van der Waals surface area contributed by atoms with Gasteiger partial charge in [0.05, 0.1) is 13.1 Å². The molecule has 1 saturated heterocycles. The van der Waals surface area contributed by atoms with Gasteiger partial charge >= 0.3 is 0 Å². The second-order valence-corrected chi connectivity index (χ2v) is 8.36. The monoisotopic (exact) mass is 458 g/mol. The van der Waals surface area contributed by atoms with E-state index in [4.69, 9.17) is 0 Å². The van der Waals surface area contributed by atoms with Crippen molar-refractivity contribution in [2.75, 3.05) is 52.4 Å². The van der Waals surface area contributed by atoms with Crippen LogP contribution in [0.3, 0.4) is 0 Å². The lowest BCUT2D eigenvalue weighted by Gasteiger charge is -2.21. The van der Waals surface area contributed by atoms with E-state index in [1.54, 1.807) is 24.3 Å². The van der Waals surface area contributed by atoms with Crippen LogP contribution in [-0.2, 0) is 22.4 Å². The zero-order chi connectivity index (χ0) is 23.5. The van der Waals surface area contributed by atoms with Gasteiger partial charge in [-0.2, -0.15) is 0 Å². The van der Waals surface area contributed by atoms with E-state index in [0.717, 1.165) is 43.7 Å². The molecule has 6 nitrogen and oxygen atoms in total. The highest BCUT2D eigenvalue weighted by Gasteiger charge is 2.18. The minimum atomic E-state index is -0.263. The summed E-state index contributed by atoms with van der Waals surface area (Å²) in [5.41, 5.74) is 1.97. The highest BCUT2D eigenvalue weighted by Crippen LogP contribution is 2.05. The predicted octanol–water partition coefficient (Wildman–Crippen LogP) is 1.99. The summed E-state index contributed by atoms with van der Waals surface area (Å²) in [5, 5.41) is 5.85. The zero-order valence-corrected chi connectivity index (χ0v) is 18.9. The Kier molecular flexibility index (Phi) is 9.77. The summed E-state index contributed by atoms with van der Waals surface area (Å²) < 4.78 is 25.9. The number of hydrogen-bond acceptors (Lipinski definition) is 4. The number of rotatable bonds is 10. The average molecular weight is 459 g/mol. The zero-order valence-electron chi connectivity index (χ0n) is 18.9. The number of amides is 2. The van der Waals surface area contributed by atoms with Crippen molar-refractivity contribution in [2.45, 2.75) is 19.3 Å². The Bertz CT molecular complexity index is 817. The summed E-state index contributed by atoms with van der Waals surface area (Å²) in [4.78, 5) is 28.8. The van der Waals surface area contributed by atoms with E-state index < -0.39 is 0 Å². The molecule has 0 aromatic heterocycles. The van der Waals surface area contributed by atoms with Crippen LogP contribution >= 0.6 is 0 Å². The number of nitrogens with one attached hydrogen (secondary N) is 2. The van der Waals surface area contributed by atoms with Gasteiger partial charge in [-0.1, -0.05) is 24.3 Å². The van der Waals surface area contributed by atoms with Gasteiger partial charge in [-0.25, -0.2) is 8.78 Å². The summed E-state index contributed by atoms with van der Waals surface area (Å²) in [6, 6.07) is 12.6. The van der Waals surface area contributed by atoms with Gasteiger partial charge in [-0.15, -0.1) is 0 Å². The number of carbonyl (C=O) groups is 2. The van der Waals surface area contributed by atoms with E-state index in [-0.39, 0.29) is 23.4 Å². The second kappa shape index (κ2) is 13.0. The lowest BCUT2D eigenvalue weighted by Crippen LogP contribution is -2.41. The average Bonchev–Trinajstić information content (AvgIpc) is 3.01. The molecule has 0 unspecified atom stereocenters. The van der Waals surface area contributed by atoms with Gasteiger partial charge in [-0.3, -0.25) is 19.4 Å². The third kappa shape index (κ3) is 9.27.